The predicted molar refractivity (Wildman–Crippen MR) is 132 cm³/mol. The Kier molecular flexibility index (Phi) is 15.8. The van der Waals surface area contributed by atoms with Crippen molar-refractivity contribution in [2.45, 2.75) is 73.4 Å². The van der Waals surface area contributed by atoms with Crippen LogP contribution in [-0.2, 0) is 32.7 Å². The molecule has 0 bridgehead atoms. The zero-order valence-corrected chi connectivity index (χ0v) is 24.4. The molecule has 0 unspecified atom stereocenters. The zero-order chi connectivity index (χ0) is 27.2. The van der Waals surface area contributed by atoms with Crippen LogP contribution in [0.1, 0.15) is 60.8 Å². The summed E-state index contributed by atoms with van der Waals surface area (Å²) in [5.41, 5.74) is -0.866. The number of carbonyl (C=O) groups is 3. The van der Waals surface area contributed by atoms with E-state index in [1.165, 1.54) is 0 Å². The summed E-state index contributed by atoms with van der Waals surface area (Å²) in [7, 11) is 4.84. The van der Waals surface area contributed by atoms with Gasteiger partial charge >= 0.3 is 20.5 Å². The van der Waals surface area contributed by atoms with E-state index in [0.717, 1.165) is 18.9 Å². The number of likely N-dealkylation sites (N-methyl/N-ethyl adjacent to an activating group) is 1. The third-order valence-corrected chi connectivity index (χ3v) is 9.22. The van der Waals surface area contributed by atoms with Gasteiger partial charge in [-0.25, -0.2) is 0 Å². The van der Waals surface area contributed by atoms with Crippen molar-refractivity contribution in [1.29, 1.82) is 0 Å². The standard InChI is InChI=1S/C12H23NO4.C12H26O4Si/c1-6-12(2,3)11(16)17-8-7-13(4,5)9-10(14)15;1-7-12(2,3)11(13)16-9-8-10-17(6,14-4)15-5/h6-9H2,1-5H3;7-10H2,1-6H3. The normalized spacial score (nSPS) is 12.4. The average Bonchev–Trinajstić information content (AvgIpc) is 2.75. The fourth-order valence-electron chi connectivity index (χ4n) is 2.34. The minimum absolute atomic E-state index is 0.0886. The molecule has 0 aromatic carbocycles. The first-order valence-electron chi connectivity index (χ1n) is 11.9. The van der Waals surface area contributed by atoms with Gasteiger partial charge in [0.15, 0.2) is 0 Å². The topological polar surface area (TPSA) is 111 Å². The van der Waals surface area contributed by atoms with Crippen molar-refractivity contribution < 1.29 is 42.3 Å². The number of hydrogen-bond donors (Lipinski definition) is 0. The van der Waals surface area contributed by atoms with Gasteiger partial charge in [-0.05, 0) is 59.5 Å². The van der Waals surface area contributed by atoms with Crippen LogP contribution >= 0.6 is 0 Å². The molecule has 0 aliphatic heterocycles. The van der Waals surface area contributed by atoms with Crippen molar-refractivity contribution >= 4 is 26.5 Å². The SMILES string of the molecule is CCC(C)(C)C(=O)OCCC[Si](C)(OC)OC.CCC(C)(C)C(=O)OCC[N+](C)(C)CC(=O)[O-]. The maximum atomic E-state index is 11.7. The van der Waals surface area contributed by atoms with Crippen LogP contribution in [0.5, 0.6) is 0 Å². The van der Waals surface area contributed by atoms with E-state index >= 15 is 0 Å². The van der Waals surface area contributed by atoms with E-state index < -0.39 is 19.9 Å². The first-order valence-corrected chi connectivity index (χ1v) is 14.4. The largest absolute Gasteiger partial charge is 0.544 e. The summed E-state index contributed by atoms with van der Waals surface area (Å²) in [6, 6.07) is 0.833. The van der Waals surface area contributed by atoms with Gasteiger partial charge in [0.25, 0.3) is 0 Å². The molecular formula is C24H49NO8Si. The molecule has 0 saturated heterocycles. The summed E-state index contributed by atoms with van der Waals surface area (Å²) in [5, 5.41) is 10.5. The molecule has 0 rings (SSSR count). The number of nitrogens with zero attached hydrogens (tertiary/aromatic N) is 1. The maximum Gasteiger partial charge on any atom is 0.334 e. The zero-order valence-electron chi connectivity index (χ0n) is 23.4. The summed E-state index contributed by atoms with van der Waals surface area (Å²) >= 11 is 0. The van der Waals surface area contributed by atoms with Crippen molar-refractivity contribution in [3.63, 3.8) is 0 Å². The molecule has 0 aromatic rings. The van der Waals surface area contributed by atoms with Crippen LogP contribution in [0.25, 0.3) is 0 Å². The Morgan fingerprint density at radius 1 is 0.853 bits per heavy atom. The quantitative estimate of drug-likeness (QED) is 0.144. The Bertz CT molecular complexity index is 630. The monoisotopic (exact) mass is 507 g/mol. The Labute approximate surface area is 207 Å². The van der Waals surface area contributed by atoms with Gasteiger partial charge in [-0.2, -0.15) is 0 Å². The molecule has 0 aliphatic carbocycles. The van der Waals surface area contributed by atoms with Crippen molar-refractivity contribution in [1.82, 2.24) is 0 Å². The van der Waals surface area contributed by atoms with E-state index in [4.69, 9.17) is 18.3 Å². The van der Waals surface area contributed by atoms with Crippen molar-refractivity contribution in [2.24, 2.45) is 10.8 Å². The number of aliphatic carboxylic acids is 1. The lowest BCUT2D eigenvalue weighted by Gasteiger charge is -2.30. The Morgan fingerprint density at radius 3 is 1.62 bits per heavy atom. The van der Waals surface area contributed by atoms with Crippen LogP contribution in [-0.4, -0.2) is 85.6 Å². The third-order valence-electron chi connectivity index (χ3n) is 6.23. The fourth-order valence-corrected chi connectivity index (χ4v) is 3.70. The highest BCUT2D eigenvalue weighted by atomic mass is 28.4. The summed E-state index contributed by atoms with van der Waals surface area (Å²) in [6.45, 7) is 14.4. The highest BCUT2D eigenvalue weighted by Crippen LogP contribution is 2.22. The molecule has 10 heteroatoms. The number of carboxylic acids is 1. The molecule has 0 saturated carbocycles. The van der Waals surface area contributed by atoms with E-state index in [1.54, 1.807) is 28.3 Å². The van der Waals surface area contributed by atoms with Crippen LogP contribution in [0.15, 0.2) is 0 Å². The van der Waals surface area contributed by atoms with Crippen LogP contribution in [0, 0.1) is 10.8 Å². The molecule has 0 N–H and O–H groups in total. The molecule has 34 heavy (non-hydrogen) atoms. The minimum Gasteiger partial charge on any atom is -0.544 e. The highest BCUT2D eigenvalue weighted by Gasteiger charge is 2.30. The van der Waals surface area contributed by atoms with Crippen LogP contribution in [0.2, 0.25) is 12.6 Å². The summed E-state index contributed by atoms with van der Waals surface area (Å²) in [5.74, 6) is -1.47. The van der Waals surface area contributed by atoms with Crippen molar-refractivity contribution in [3.05, 3.63) is 0 Å². The Balaban J connectivity index is 0. The van der Waals surface area contributed by atoms with Crippen LogP contribution < -0.4 is 5.11 Å². The second-order valence-corrected chi connectivity index (χ2v) is 14.2. The second-order valence-electron chi connectivity index (χ2n) is 10.6. The number of carbonyl (C=O) groups excluding carboxylic acids is 3. The van der Waals surface area contributed by atoms with E-state index in [2.05, 4.69) is 0 Å². The van der Waals surface area contributed by atoms with Gasteiger partial charge < -0.3 is 32.7 Å². The second kappa shape index (κ2) is 15.5. The van der Waals surface area contributed by atoms with Crippen molar-refractivity contribution in [2.75, 3.05) is 54.6 Å². The smallest absolute Gasteiger partial charge is 0.334 e. The summed E-state index contributed by atoms with van der Waals surface area (Å²) in [4.78, 5) is 33.8. The number of rotatable bonds is 15. The predicted octanol–water partition coefficient (Wildman–Crippen LogP) is 2.51. The molecule has 202 valence electrons. The number of hydrogen-bond acceptors (Lipinski definition) is 8. The first kappa shape index (κ1) is 34.7. The average molecular weight is 508 g/mol. The molecule has 9 nitrogen and oxygen atoms in total. The molecule has 0 spiro atoms. The molecule has 0 fully saturated rings. The van der Waals surface area contributed by atoms with Gasteiger partial charge in [0.2, 0.25) is 0 Å². The first-order chi connectivity index (χ1) is 15.4. The number of esters is 2. The van der Waals surface area contributed by atoms with Gasteiger partial charge in [-0.15, -0.1) is 0 Å². The van der Waals surface area contributed by atoms with E-state index in [1.807, 2.05) is 48.1 Å². The molecule has 0 atom stereocenters. The van der Waals surface area contributed by atoms with Gasteiger partial charge in [0.05, 0.1) is 37.5 Å². The molecular weight excluding hydrogens is 458 g/mol. The lowest BCUT2D eigenvalue weighted by Crippen LogP contribution is -2.50. The van der Waals surface area contributed by atoms with E-state index in [-0.39, 0.29) is 35.0 Å². The number of quaternary nitrogens is 1. The Hall–Kier alpha value is -1.49. The van der Waals surface area contributed by atoms with E-state index in [0.29, 0.717) is 19.6 Å². The van der Waals surface area contributed by atoms with E-state index in [9.17, 15) is 19.5 Å². The third kappa shape index (κ3) is 14.7. The molecule has 0 aliphatic rings. The number of carboxylic acid groups (broad SMARTS) is 1. The molecule has 0 radical (unpaired) electrons. The van der Waals surface area contributed by atoms with Gasteiger partial charge in [0.1, 0.15) is 19.7 Å². The van der Waals surface area contributed by atoms with Crippen LogP contribution in [0.3, 0.4) is 0 Å². The van der Waals surface area contributed by atoms with Crippen molar-refractivity contribution in [3.8, 4) is 0 Å². The highest BCUT2D eigenvalue weighted by molar-refractivity contribution is 6.65. The molecule has 0 amide bonds. The summed E-state index contributed by atoms with van der Waals surface area (Å²) < 4.78 is 21.4. The molecule has 0 heterocycles. The fraction of sp³-hybridized carbons (Fsp3) is 0.875. The summed E-state index contributed by atoms with van der Waals surface area (Å²) in [6.07, 6.45) is 2.29. The lowest BCUT2D eigenvalue weighted by molar-refractivity contribution is -0.884. The minimum atomic E-state index is -2.01. The maximum absolute atomic E-state index is 11.7. The number of ether oxygens (including phenoxy) is 2. The van der Waals surface area contributed by atoms with Gasteiger partial charge in [-0.1, -0.05) is 13.8 Å². The lowest BCUT2D eigenvalue weighted by atomic mass is 9.91. The molecule has 0 aromatic heterocycles. The Morgan fingerprint density at radius 2 is 1.26 bits per heavy atom. The van der Waals surface area contributed by atoms with Gasteiger partial charge in [-0.3, -0.25) is 9.59 Å². The van der Waals surface area contributed by atoms with Gasteiger partial charge in [0, 0.05) is 14.2 Å². The van der Waals surface area contributed by atoms with Crippen LogP contribution in [0.4, 0.5) is 0 Å².